The van der Waals surface area contributed by atoms with Gasteiger partial charge in [0.05, 0.1) is 5.56 Å². The maximum absolute atomic E-state index is 12.2. The molecule has 0 fully saturated rings. The second-order valence-corrected chi connectivity index (χ2v) is 2.74. The molecule has 0 nitrogen and oxygen atoms in total. The first kappa shape index (κ1) is 10.1. The Kier molecular flexibility index (Phi) is 2.96. The normalized spacial score (nSPS) is 11.7. The van der Waals surface area contributed by atoms with E-state index in [2.05, 4.69) is 0 Å². The fraction of sp³-hybridized carbons (Fsp3) is 0.300. The molecule has 0 amide bonds. The lowest BCUT2D eigenvalue weighted by atomic mass is 10.1. The molecule has 0 bridgehead atoms. The summed E-state index contributed by atoms with van der Waals surface area (Å²) in [5.41, 5.74) is 0.0343. The average molecular weight is 187 g/mol. The highest BCUT2D eigenvalue weighted by Crippen LogP contribution is 2.29. The van der Waals surface area contributed by atoms with Gasteiger partial charge < -0.3 is 0 Å². The van der Waals surface area contributed by atoms with E-state index in [-0.39, 0.29) is 0 Å². The Labute approximate surface area is 75.4 Å². The molecule has 0 aromatic heterocycles. The third-order valence-corrected chi connectivity index (χ3v) is 1.65. The van der Waals surface area contributed by atoms with Gasteiger partial charge in [0, 0.05) is 0 Å². The van der Waals surface area contributed by atoms with Gasteiger partial charge in [0.1, 0.15) is 0 Å². The largest absolute Gasteiger partial charge is 0.416 e. The van der Waals surface area contributed by atoms with Gasteiger partial charge in [-0.3, -0.25) is 0 Å². The van der Waals surface area contributed by atoms with Crippen molar-refractivity contribution in [2.45, 2.75) is 19.5 Å². The van der Waals surface area contributed by atoms with Crippen molar-refractivity contribution in [3.8, 4) is 0 Å². The maximum Gasteiger partial charge on any atom is 0.416 e. The second-order valence-electron chi connectivity index (χ2n) is 2.74. The van der Waals surface area contributed by atoms with Gasteiger partial charge in [-0.05, 0) is 24.5 Å². The number of alkyl halides is 3. The number of halogens is 3. The van der Waals surface area contributed by atoms with E-state index in [9.17, 15) is 13.2 Å². The molecular formula is C10H10F3. The van der Waals surface area contributed by atoms with Crippen molar-refractivity contribution in [2.75, 3.05) is 0 Å². The number of benzene rings is 1. The van der Waals surface area contributed by atoms with Crippen LogP contribution in [-0.2, 0) is 6.18 Å². The van der Waals surface area contributed by atoms with Crippen LogP contribution in [0.25, 0.3) is 0 Å². The van der Waals surface area contributed by atoms with E-state index in [4.69, 9.17) is 0 Å². The molecule has 1 radical (unpaired) electrons. The van der Waals surface area contributed by atoms with E-state index in [1.54, 1.807) is 12.5 Å². The topological polar surface area (TPSA) is 0 Å². The fourth-order valence-electron chi connectivity index (χ4n) is 1.08. The molecule has 0 saturated heterocycles. The van der Waals surface area contributed by atoms with Crippen LogP contribution in [0.15, 0.2) is 24.3 Å². The van der Waals surface area contributed by atoms with Crippen molar-refractivity contribution in [2.24, 2.45) is 0 Å². The van der Waals surface area contributed by atoms with Crippen molar-refractivity contribution < 1.29 is 13.2 Å². The van der Waals surface area contributed by atoms with E-state index >= 15 is 0 Å². The van der Waals surface area contributed by atoms with Gasteiger partial charge in [0.25, 0.3) is 0 Å². The van der Waals surface area contributed by atoms with E-state index in [1.165, 1.54) is 6.07 Å². The minimum atomic E-state index is -4.24. The standard InChI is InChI=1S/C10H10F3/c1-2-4-8-5-3-6-9(7-8)10(11,12)13/h3-7H,2H2,1H3. The number of hydrogen-bond acceptors (Lipinski definition) is 0. The predicted molar refractivity (Wildman–Crippen MR) is 45.1 cm³/mol. The highest BCUT2D eigenvalue weighted by molar-refractivity contribution is 5.30. The predicted octanol–water partition coefficient (Wildman–Crippen LogP) is 3.67. The van der Waals surface area contributed by atoms with Crippen LogP contribution in [0, 0.1) is 6.42 Å². The molecule has 71 valence electrons. The zero-order chi connectivity index (χ0) is 9.90. The minimum Gasteiger partial charge on any atom is -0.166 e. The van der Waals surface area contributed by atoms with Crippen LogP contribution in [0.3, 0.4) is 0 Å². The lowest BCUT2D eigenvalue weighted by molar-refractivity contribution is -0.137. The van der Waals surface area contributed by atoms with Gasteiger partial charge in [-0.1, -0.05) is 25.1 Å². The van der Waals surface area contributed by atoms with Crippen molar-refractivity contribution in [1.82, 2.24) is 0 Å². The fourth-order valence-corrected chi connectivity index (χ4v) is 1.08. The Bertz CT molecular complexity index is 276. The first-order valence-corrected chi connectivity index (χ1v) is 4.04. The molecule has 0 aliphatic rings. The molecule has 0 aliphatic carbocycles. The zero-order valence-electron chi connectivity index (χ0n) is 7.23. The molecule has 1 aromatic rings. The molecule has 1 aromatic carbocycles. The summed E-state index contributed by atoms with van der Waals surface area (Å²) in [6.07, 6.45) is -1.74. The molecule has 0 atom stereocenters. The van der Waals surface area contributed by atoms with Gasteiger partial charge >= 0.3 is 6.18 Å². The second kappa shape index (κ2) is 3.81. The van der Waals surface area contributed by atoms with E-state index < -0.39 is 11.7 Å². The van der Waals surface area contributed by atoms with Crippen LogP contribution in [0.5, 0.6) is 0 Å². The van der Waals surface area contributed by atoms with E-state index in [1.807, 2.05) is 6.92 Å². The molecule has 0 N–H and O–H groups in total. The maximum atomic E-state index is 12.2. The molecule has 0 heterocycles. The Morgan fingerprint density at radius 1 is 1.31 bits per heavy atom. The van der Waals surface area contributed by atoms with E-state index in [0.717, 1.165) is 18.6 Å². The van der Waals surface area contributed by atoms with Gasteiger partial charge in [-0.25, -0.2) is 0 Å². The molecule has 0 saturated carbocycles. The zero-order valence-corrected chi connectivity index (χ0v) is 7.23. The lowest BCUT2D eigenvalue weighted by Gasteiger charge is -2.07. The molecule has 0 aliphatic heterocycles. The summed E-state index contributed by atoms with van der Waals surface area (Å²) in [6.45, 7) is 1.89. The summed E-state index contributed by atoms with van der Waals surface area (Å²) < 4.78 is 36.6. The monoisotopic (exact) mass is 187 g/mol. The van der Waals surface area contributed by atoms with Gasteiger partial charge in [0.2, 0.25) is 0 Å². The van der Waals surface area contributed by atoms with Crippen molar-refractivity contribution in [3.05, 3.63) is 41.8 Å². The smallest absolute Gasteiger partial charge is 0.166 e. The molecule has 0 spiro atoms. The van der Waals surface area contributed by atoms with Crippen molar-refractivity contribution in [1.29, 1.82) is 0 Å². The Morgan fingerprint density at radius 3 is 2.54 bits per heavy atom. The Balaban J connectivity index is 2.92. The third-order valence-electron chi connectivity index (χ3n) is 1.65. The SMILES string of the molecule is CC[CH]c1cccc(C(F)(F)F)c1. The van der Waals surface area contributed by atoms with Crippen LogP contribution < -0.4 is 0 Å². The van der Waals surface area contributed by atoms with Crippen LogP contribution in [0.2, 0.25) is 0 Å². The minimum absolute atomic E-state index is 0.588. The van der Waals surface area contributed by atoms with Gasteiger partial charge in [-0.15, -0.1) is 0 Å². The van der Waals surface area contributed by atoms with Crippen LogP contribution in [0.1, 0.15) is 24.5 Å². The summed E-state index contributed by atoms with van der Waals surface area (Å²) in [5.74, 6) is 0. The highest BCUT2D eigenvalue weighted by atomic mass is 19.4. The summed E-state index contributed by atoms with van der Waals surface area (Å²) >= 11 is 0. The van der Waals surface area contributed by atoms with Crippen LogP contribution in [-0.4, -0.2) is 0 Å². The number of hydrogen-bond donors (Lipinski definition) is 0. The first-order valence-electron chi connectivity index (χ1n) is 4.04. The first-order chi connectivity index (χ1) is 6.04. The average Bonchev–Trinajstić information content (AvgIpc) is 2.04. The molecule has 13 heavy (non-hydrogen) atoms. The molecular weight excluding hydrogens is 177 g/mol. The quantitative estimate of drug-likeness (QED) is 0.662. The highest BCUT2D eigenvalue weighted by Gasteiger charge is 2.30. The van der Waals surface area contributed by atoms with E-state index in [0.29, 0.717) is 5.56 Å². The Hall–Kier alpha value is -0.990. The van der Waals surface area contributed by atoms with Crippen LogP contribution >= 0.6 is 0 Å². The van der Waals surface area contributed by atoms with Gasteiger partial charge in [-0.2, -0.15) is 13.2 Å². The molecule has 1 rings (SSSR count). The number of rotatable bonds is 2. The van der Waals surface area contributed by atoms with Crippen molar-refractivity contribution in [3.63, 3.8) is 0 Å². The summed E-state index contributed by atoms with van der Waals surface area (Å²) in [5, 5.41) is 0. The van der Waals surface area contributed by atoms with Crippen LogP contribution in [0.4, 0.5) is 13.2 Å². The van der Waals surface area contributed by atoms with Crippen molar-refractivity contribution >= 4 is 0 Å². The summed E-state index contributed by atoms with van der Waals surface area (Å²) in [7, 11) is 0. The lowest BCUT2D eigenvalue weighted by Crippen LogP contribution is -2.04. The summed E-state index contributed by atoms with van der Waals surface area (Å²) in [6, 6.07) is 5.32. The molecule has 3 heteroatoms. The molecule has 0 unspecified atom stereocenters. The summed E-state index contributed by atoms with van der Waals surface area (Å²) in [4.78, 5) is 0. The van der Waals surface area contributed by atoms with Gasteiger partial charge in [0.15, 0.2) is 0 Å². The Morgan fingerprint density at radius 2 is 2.00 bits per heavy atom. The third kappa shape index (κ3) is 2.76.